The molecule has 0 unspecified atom stereocenters. The summed E-state index contributed by atoms with van der Waals surface area (Å²) in [6.07, 6.45) is -2.51. The minimum Gasteiger partial charge on any atom is -0.297 e. The van der Waals surface area contributed by atoms with E-state index in [1.54, 1.807) is 17.8 Å². The molecule has 1 aromatic heterocycles. The lowest BCUT2D eigenvalue weighted by atomic mass is 10.1. The first kappa shape index (κ1) is 14.0. The molecule has 19 heavy (non-hydrogen) atoms. The van der Waals surface area contributed by atoms with E-state index in [0.717, 1.165) is 10.9 Å². The van der Waals surface area contributed by atoms with Gasteiger partial charge in [0.15, 0.2) is 0 Å². The van der Waals surface area contributed by atoms with Crippen molar-refractivity contribution >= 4 is 11.3 Å². The summed E-state index contributed by atoms with van der Waals surface area (Å²) in [4.78, 5) is 7.03. The first-order chi connectivity index (χ1) is 8.95. The van der Waals surface area contributed by atoms with Gasteiger partial charge in [-0.05, 0) is 18.7 Å². The molecule has 2 aromatic rings. The highest BCUT2D eigenvalue weighted by atomic mass is 32.1. The Bertz CT molecular complexity index is 523. The van der Waals surface area contributed by atoms with Crippen LogP contribution in [0.5, 0.6) is 0 Å². The molecule has 0 aliphatic carbocycles. The Morgan fingerprint density at radius 2 is 2.05 bits per heavy atom. The maximum atomic E-state index is 12.6. The number of aromatic nitrogens is 1. The predicted molar refractivity (Wildman–Crippen MR) is 68.7 cm³/mol. The average molecular weight is 286 g/mol. The SMILES string of the molecule is CN(Cc1cccc(C(F)(F)F)c1)Cc1cncs1. The summed E-state index contributed by atoms with van der Waals surface area (Å²) < 4.78 is 37.8. The molecule has 6 heteroatoms. The molecule has 0 bridgehead atoms. The summed E-state index contributed by atoms with van der Waals surface area (Å²) in [5.74, 6) is 0. The van der Waals surface area contributed by atoms with Crippen molar-refractivity contribution in [1.29, 1.82) is 0 Å². The van der Waals surface area contributed by atoms with Gasteiger partial charge in [-0.25, -0.2) is 0 Å². The molecular weight excluding hydrogens is 273 g/mol. The molecule has 0 atom stereocenters. The van der Waals surface area contributed by atoms with Crippen molar-refractivity contribution in [2.75, 3.05) is 7.05 Å². The van der Waals surface area contributed by atoms with Crippen LogP contribution in [0.2, 0.25) is 0 Å². The third-order valence-corrected chi connectivity index (χ3v) is 3.38. The molecule has 2 rings (SSSR count). The quantitative estimate of drug-likeness (QED) is 0.850. The zero-order valence-corrected chi connectivity index (χ0v) is 11.1. The molecule has 0 spiro atoms. The van der Waals surface area contributed by atoms with Gasteiger partial charge in [0.25, 0.3) is 0 Å². The summed E-state index contributed by atoms with van der Waals surface area (Å²) in [5.41, 5.74) is 1.80. The van der Waals surface area contributed by atoms with Gasteiger partial charge in [-0.3, -0.25) is 9.88 Å². The van der Waals surface area contributed by atoms with E-state index in [9.17, 15) is 13.2 Å². The van der Waals surface area contributed by atoms with Crippen LogP contribution in [0.15, 0.2) is 36.0 Å². The van der Waals surface area contributed by atoms with Crippen molar-refractivity contribution in [3.8, 4) is 0 Å². The maximum Gasteiger partial charge on any atom is 0.416 e. The third-order valence-electron chi connectivity index (χ3n) is 2.62. The Balaban J connectivity index is 2.03. The summed E-state index contributed by atoms with van der Waals surface area (Å²) in [5, 5.41) is 0. The molecule has 0 saturated heterocycles. The van der Waals surface area contributed by atoms with E-state index < -0.39 is 11.7 Å². The Hall–Kier alpha value is -1.40. The van der Waals surface area contributed by atoms with Gasteiger partial charge in [-0.2, -0.15) is 13.2 Å². The van der Waals surface area contributed by atoms with Crippen molar-refractivity contribution in [1.82, 2.24) is 9.88 Å². The molecule has 102 valence electrons. The predicted octanol–water partition coefficient (Wildman–Crippen LogP) is 3.79. The Morgan fingerprint density at radius 1 is 1.26 bits per heavy atom. The number of nitrogens with zero attached hydrogens (tertiary/aromatic N) is 2. The normalized spacial score (nSPS) is 12.1. The van der Waals surface area contributed by atoms with Gasteiger partial charge < -0.3 is 0 Å². The lowest BCUT2D eigenvalue weighted by Gasteiger charge is -2.16. The van der Waals surface area contributed by atoms with Crippen molar-refractivity contribution < 1.29 is 13.2 Å². The van der Waals surface area contributed by atoms with Gasteiger partial charge in [-0.1, -0.05) is 18.2 Å². The van der Waals surface area contributed by atoms with Crippen LogP contribution in [0.25, 0.3) is 0 Å². The fraction of sp³-hybridized carbons (Fsp3) is 0.308. The molecule has 0 N–H and O–H groups in total. The van der Waals surface area contributed by atoms with Crippen LogP contribution in [-0.4, -0.2) is 16.9 Å². The second-order valence-electron chi connectivity index (χ2n) is 4.34. The minimum atomic E-state index is -4.29. The van der Waals surface area contributed by atoms with Gasteiger partial charge in [0, 0.05) is 24.2 Å². The van der Waals surface area contributed by atoms with E-state index in [2.05, 4.69) is 4.98 Å². The van der Waals surface area contributed by atoms with Crippen LogP contribution in [0, 0.1) is 0 Å². The van der Waals surface area contributed by atoms with Crippen molar-refractivity contribution in [3.05, 3.63) is 52.0 Å². The number of thiazole rings is 1. The van der Waals surface area contributed by atoms with Crippen LogP contribution in [-0.2, 0) is 19.3 Å². The molecule has 0 fully saturated rings. The monoisotopic (exact) mass is 286 g/mol. The smallest absolute Gasteiger partial charge is 0.297 e. The topological polar surface area (TPSA) is 16.1 Å². The first-order valence-corrected chi connectivity index (χ1v) is 6.55. The first-order valence-electron chi connectivity index (χ1n) is 5.67. The highest BCUT2D eigenvalue weighted by Crippen LogP contribution is 2.29. The van der Waals surface area contributed by atoms with E-state index in [-0.39, 0.29) is 0 Å². The standard InChI is InChI=1S/C13H13F3N2S/c1-18(8-12-6-17-9-19-12)7-10-3-2-4-11(5-10)13(14,15)16/h2-6,9H,7-8H2,1H3. The number of alkyl halides is 3. The number of hydrogen-bond donors (Lipinski definition) is 0. The van der Waals surface area contributed by atoms with E-state index in [0.29, 0.717) is 18.7 Å². The fourth-order valence-electron chi connectivity index (χ4n) is 1.80. The Labute approximate surface area is 113 Å². The van der Waals surface area contributed by atoms with E-state index in [4.69, 9.17) is 0 Å². The van der Waals surface area contributed by atoms with E-state index in [1.807, 2.05) is 11.9 Å². The Kier molecular flexibility index (Phi) is 4.21. The summed E-state index contributed by atoms with van der Waals surface area (Å²) in [6.45, 7) is 1.16. The van der Waals surface area contributed by atoms with Crippen LogP contribution >= 0.6 is 11.3 Å². The highest BCUT2D eigenvalue weighted by molar-refractivity contribution is 7.09. The van der Waals surface area contributed by atoms with Crippen molar-refractivity contribution in [3.63, 3.8) is 0 Å². The van der Waals surface area contributed by atoms with Crippen LogP contribution in [0.1, 0.15) is 16.0 Å². The largest absolute Gasteiger partial charge is 0.416 e. The van der Waals surface area contributed by atoms with Gasteiger partial charge in [0.2, 0.25) is 0 Å². The van der Waals surface area contributed by atoms with Crippen LogP contribution in [0.3, 0.4) is 0 Å². The molecule has 1 heterocycles. The van der Waals surface area contributed by atoms with Gasteiger partial charge in [-0.15, -0.1) is 11.3 Å². The molecule has 2 nitrogen and oxygen atoms in total. The fourth-order valence-corrected chi connectivity index (χ4v) is 2.47. The molecule has 0 amide bonds. The molecule has 0 radical (unpaired) electrons. The van der Waals surface area contributed by atoms with E-state index >= 15 is 0 Å². The van der Waals surface area contributed by atoms with Gasteiger partial charge in [0.05, 0.1) is 11.1 Å². The zero-order chi connectivity index (χ0) is 13.9. The second-order valence-corrected chi connectivity index (χ2v) is 5.31. The third kappa shape index (κ3) is 4.04. The highest BCUT2D eigenvalue weighted by Gasteiger charge is 2.30. The summed E-state index contributed by atoms with van der Waals surface area (Å²) >= 11 is 1.54. The van der Waals surface area contributed by atoms with Crippen LogP contribution in [0.4, 0.5) is 13.2 Å². The molecule has 0 aliphatic heterocycles. The number of benzene rings is 1. The van der Waals surface area contributed by atoms with E-state index in [1.165, 1.54) is 23.5 Å². The van der Waals surface area contributed by atoms with Gasteiger partial charge in [0.1, 0.15) is 0 Å². The maximum absolute atomic E-state index is 12.6. The van der Waals surface area contributed by atoms with Gasteiger partial charge >= 0.3 is 6.18 Å². The van der Waals surface area contributed by atoms with Crippen LogP contribution < -0.4 is 0 Å². The number of halogens is 3. The lowest BCUT2D eigenvalue weighted by molar-refractivity contribution is -0.137. The molecule has 1 aromatic carbocycles. The van der Waals surface area contributed by atoms with Crippen molar-refractivity contribution in [2.24, 2.45) is 0 Å². The second kappa shape index (κ2) is 5.71. The summed E-state index contributed by atoms with van der Waals surface area (Å²) in [7, 11) is 1.87. The number of hydrogen-bond acceptors (Lipinski definition) is 3. The average Bonchev–Trinajstić information content (AvgIpc) is 2.80. The summed E-state index contributed by atoms with van der Waals surface area (Å²) in [6, 6.07) is 5.44. The molecule has 0 aliphatic rings. The molecule has 0 saturated carbocycles. The molecular formula is C13H13F3N2S. The minimum absolute atomic E-state index is 0.474. The lowest BCUT2D eigenvalue weighted by Crippen LogP contribution is -2.17. The number of rotatable bonds is 4. The zero-order valence-electron chi connectivity index (χ0n) is 10.3. The van der Waals surface area contributed by atoms with Crippen molar-refractivity contribution in [2.45, 2.75) is 19.3 Å². The Morgan fingerprint density at radius 3 is 2.68 bits per heavy atom.